The highest BCUT2D eigenvalue weighted by Crippen LogP contribution is 2.25. The first-order chi connectivity index (χ1) is 12.4. The molecule has 0 radical (unpaired) electrons. The number of halogens is 1. The smallest absolute Gasteiger partial charge is 0.233 e. The van der Waals surface area contributed by atoms with Crippen molar-refractivity contribution in [3.8, 4) is 0 Å². The number of hydrogen-bond acceptors (Lipinski definition) is 4. The second-order valence-electron chi connectivity index (χ2n) is 7.76. The van der Waals surface area contributed by atoms with Gasteiger partial charge in [-0.3, -0.25) is 9.69 Å². The molecular formula is C20H25ClN2O3S. The van der Waals surface area contributed by atoms with Crippen LogP contribution in [0.5, 0.6) is 0 Å². The van der Waals surface area contributed by atoms with E-state index in [-0.39, 0.29) is 22.6 Å². The molecule has 27 heavy (non-hydrogen) atoms. The molecule has 146 valence electrons. The summed E-state index contributed by atoms with van der Waals surface area (Å²) in [7, 11) is -3.50. The molecule has 2 rings (SSSR count). The number of hydrogen-bond donors (Lipinski definition) is 0. The zero-order valence-corrected chi connectivity index (χ0v) is 17.8. The average Bonchev–Trinajstić information content (AvgIpc) is 2.55. The van der Waals surface area contributed by atoms with Gasteiger partial charge in [0.25, 0.3) is 0 Å². The molecular weight excluding hydrogens is 384 g/mol. The second-order valence-corrected chi connectivity index (χ2v) is 10.2. The number of nitrogens with zero attached hydrogens (tertiary/aromatic N) is 2. The molecule has 0 aliphatic carbocycles. The number of aromatic nitrogens is 1. The molecule has 0 saturated carbocycles. The number of carbonyl (C=O) groups is 1. The zero-order chi connectivity index (χ0) is 20.4. The summed E-state index contributed by atoms with van der Waals surface area (Å²) in [6, 6.07) is 9.40. The van der Waals surface area contributed by atoms with Crippen LogP contribution in [0.3, 0.4) is 0 Å². The van der Waals surface area contributed by atoms with Crippen molar-refractivity contribution >= 4 is 33.2 Å². The van der Waals surface area contributed by atoms with Gasteiger partial charge < -0.3 is 0 Å². The highest BCUT2D eigenvalue weighted by Gasteiger charge is 2.30. The molecule has 0 bridgehead atoms. The van der Waals surface area contributed by atoms with Crippen molar-refractivity contribution in [3.05, 3.63) is 53.2 Å². The Balaban J connectivity index is 2.26. The number of pyridine rings is 1. The standard InChI is InChI=1S/C20H25ClN2O3S/c1-14(2)23(19(24)20(3,4)5)18-11-6-15(12-22-18)13-27(25,26)17-9-7-16(21)8-10-17/h6-12,14H,13H2,1-5H3. The number of sulfone groups is 1. The highest BCUT2D eigenvalue weighted by molar-refractivity contribution is 7.90. The lowest BCUT2D eigenvalue weighted by Crippen LogP contribution is -2.44. The van der Waals surface area contributed by atoms with Crippen LogP contribution in [-0.2, 0) is 20.4 Å². The molecule has 0 aliphatic heterocycles. The predicted octanol–water partition coefficient (Wildman–Crippen LogP) is 4.50. The SMILES string of the molecule is CC(C)N(C(=O)C(C)(C)C)c1ccc(CS(=O)(=O)c2ccc(Cl)cc2)cn1. The van der Waals surface area contributed by atoms with Gasteiger partial charge in [-0.25, -0.2) is 13.4 Å². The molecule has 7 heteroatoms. The minimum Gasteiger partial charge on any atom is -0.294 e. The summed E-state index contributed by atoms with van der Waals surface area (Å²) in [5.41, 5.74) is 0.0170. The zero-order valence-electron chi connectivity index (χ0n) is 16.2. The maximum Gasteiger partial charge on any atom is 0.233 e. The summed E-state index contributed by atoms with van der Waals surface area (Å²) in [4.78, 5) is 18.9. The fourth-order valence-corrected chi connectivity index (χ4v) is 4.01. The van der Waals surface area contributed by atoms with Gasteiger partial charge in [0, 0.05) is 22.7 Å². The second kappa shape index (κ2) is 7.98. The van der Waals surface area contributed by atoms with E-state index in [1.807, 2.05) is 34.6 Å². The molecule has 1 amide bonds. The number of carbonyl (C=O) groups excluding carboxylic acids is 1. The Hall–Kier alpha value is -1.92. The lowest BCUT2D eigenvalue weighted by molar-refractivity contribution is -0.126. The van der Waals surface area contributed by atoms with E-state index in [1.165, 1.54) is 18.3 Å². The molecule has 0 N–H and O–H groups in total. The number of anilines is 1. The first kappa shape index (κ1) is 21.4. The maximum atomic E-state index is 12.7. The first-order valence-electron chi connectivity index (χ1n) is 8.69. The van der Waals surface area contributed by atoms with Crippen LogP contribution in [0, 0.1) is 5.41 Å². The Morgan fingerprint density at radius 1 is 1.11 bits per heavy atom. The highest BCUT2D eigenvalue weighted by atomic mass is 35.5. The fourth-order valence-electron chi connectivity index (χ4n) is 2.55. The van der Waals surface area contributed by atoms with Gasteiger partial charge in [-0.15, -0.1) is 0 Å². The molecule has 1 aromatic heterocycles. The largest absolute Gasteiger partial charge is 0.294 e. The van der Waals surface area contributed by atoms with E-state index in [0.717, 1.165) is 0 Å². The van der Waals surface area contributed by atoms with Crippen LogP contribution >= 0.6 is 11.6 Å². The molecule has 2 aromatic rings. The minimum absolute atomic E-state index is 0.0356. The van der Waals surface area contributed by atoms with Crippen LogP contribution in [-0.4, -0.2) is 25.4 Å². The van der Waals surface area contributed by atoms with Crippen LogP contribution in [0.25, 0.3) is 0 Å². The predicted molar refractivity (Wildman–Crippen MR) is 109 cm³/mol. The topological polar surface area (TPSA) is 67.3 Å². The van der Waals surface area contributed by atoms with Gasteiger partial charge in [0.15, 0.2) is 9.84 Å². The van der Waals surface area contributed by atoms with Crippen LogP contribution in [0.15, 0.2) is 47.5 Å². The van der Waals surface area contributed by atoms with E-state index in [9.17, 15) is 13.2 Å². The van der Waals surface area contributed by atoms with Crippen LogP contribution < -0.4 is 4.90 Å². The van der Waals surface area contributed by atoms with Crippen molar-refractivity contribution in [2.75, 3.05) is 4.90 Å². The monoisotopic (exact) mass is 408 g/mol. The van der Waals surface area contributed by atoms with Crippen LogP contribution in [0.2, 0.25) is 5.02 Å². The summed E-state index contributed by atoms with van der Waals surface area (Å²) < 4.78 is 25.1. The lowest BCUT2D eigenvalue weighted by Gasteiger charge is -2.31. The van der Waals surface area contributed by atoms with Gasteiger partial charge in [0.05, 0.1) is 10.6 Å². The molecule has 0 atom stereocenters. The molecule has 1 aromatic carbocycles. The van der Waals surface area contributed by atoms with E-state index >= 15 is 0 Å². The van der Waals surface area contributed by atoms with Gasteiger partial charge in [0.1, 0.15) is 5.82 Å². The van der Waals surface area contributed by atoms with Crippen LogP contribution in [0.1, 0.15) is 40.2 Å². The Morgan fingerprint density at radius 2 is 1.70 bits per heavy atom. The summed E-state index contributed by atoms with van der Waals surface area (Å²) in [6.45, 7) is 9.42. The minimum atomic E-state index is -3.50. The maximum absolute atomic E-state index is 12.7. The lowest BCUT2D eigenvalue weighted by atomic mass is 9.94. The van der Waals surface area contributed by atoms with E-state index < -0.39 is 15.3 Å². The summed E-state index contributed by atoms with van der Waals surface area (Å²) >= 11 is 5.81. The van der Waals surface area contributed by atoms with Gasteiger partial charge in [-0.1, -0.05) is 38.4 Å². The Labute approximate surface area is 166 Å². The first-order valence-corrected chi connectivity index (χ1v) is 10.7. The molecule has 0 spiro atoms. The van der Waals surface area contributed by atoms with Gasteiger partial charge in [-0.05, 0) is 49.7 Å². The Morgan fingerprint density at radius 3 is 2.15 bits per heavy atom. The van der Waals surface area contributed by atoms with E-state index in [0.29, 0.717) is 16.4 Å². The quantitative estimate of drug-likeness (QED) is 0.730. The third-order valence-corrected chi connectivity index (χ3v) is 5.92. The summed E-state index contributed by atoms with van der Waals surface area (Å²) in [5.74, 6) is 0.306. The van der Waals surface area contributed by atoms with Crippen molar-refractivity contribution < 1.29 is 13.2 Å². The van der Waals surface area contributed by atoms with E-state index in [4.69, 9.17) is 11.6 Å². The van der Waals surface area contributed by atoms with Gasteiger partial charge in [-0.2, -0.15) is 0 Å². The molecule has 1 heterocycles. The molecule has 0 fully saturated rings. The molecule has 0 unspecified atom stereocenters. The van der Waals surface area contributed by atoms with Crippen molar-refractivity contribution in [1.29, 1.82) is 0 Å². The van der Waals surface area contributed by atoms with Gasteiger partial charge in [0.2, 0.25) is 5.91 Å². The molecule has 0 aliphatic rings. The van der Waals surface area contributed by atoms with E-state index in [1.54, 1.807) is 29.2 Å². The third-order valence-electron chi connectivity index (χ3n) is 3.96. The summed E-state index contributed by atoms with van der Waals surface area (Å²) in [6.07, 6.45) is 1.51. The van der Waals surface area contributed by atoms with Crippen molar-refractivity contribution in [2.24, 2.45) is 5.41 Å². The van der Waals surface area contributed by atoms with Crippen LogP contribution in [0.4, 0.5) is 5.82 Å². The van der Waals surface area contributed by atoms with Crippen molar-refractivity contribution in [3.63, 3.8) is 0 Å². The third kappa shape index (κ3) is 5.30. The van der Waals surface area contributed by atoms with E-state index in [2.05, 4.69) is 4.98 Å². The van der Waals surface area contributed by atoms with Crippen molar-refractivity contribution in [2.45, 2.75) is 51.3 Å². The normalized spacial score (nSPS) is 12.3. The molecule has 5 nitrogen and oxygen atoms in total. The number of benzene rings is 1. The fraction of sp³-hybridized carbons (Fsp3) is 0.400. The number of rotatable bonds is 5. The Bertz CT molecular complexity index is 900. The van der Waals surface area contributed by atoms with Crippen molar-refractivity contribution in [1.82, 2.24) is 4.98 Å². The summed E-state index contributed by atoms with van der Waals surface area (Å²) in [5, 5.41) is 0.484. The molecule has 0 saturated heterocycles. The van der Waals surface area contributed by atoms with Gasteiger partial charge >= 0.3 is 0 Å². The Kier molecular flexibility index (Phi) is 6.32. The number of amides is 1. The average molecular weight is 409 g/mol.